The fourth-order valence-corrected chi connectivity index (χ4v) is 2.16. The summed E-state index contributed by atoms with van der Waals surface area (Å²) in [4.78, 5) is 23.5. The number of hydrogen-bond acceptors (Lipinski definition) is 3. The zero-order valence-electron chi connectivity index (χ0n) is 15.1. The number of carbonyl (C=O) groups is 2. The van der Waals surface area contributed by atoms with Gasteiger partial charge in [0.25, 0.3) is 11.8 Å². The predicted octanol–water partition coefficient (Wildman–Crippen LogP) is 3.35. The normalized spacial score (nSPS) is 14.0. The molecule has 0 saturated carbocycles. The number of rotatable bonds is 6. The Balaban J connectivity index is 2.06. The van der Waals surface area contributed by atoms with Crippen molar-refractivity contribution in [3.05, 3.63) is 65.7 Å². The zero-order valence-corrected chi connectivity index (χ0v) is 15.1. The second kappa shape index (κ2) is 8.16. The SMILES string of the molecule is CC(O)(C(=O)Nc1ccc(C(F)(F)C(=O)NCc2ccccc2)cc1)C(F)(F)F. The highest BCUT2D eigenvalue weighted by atomic mass is 19.4. The fourth-order valence-electron chi connectivity index (χ4n) is 2.16. The number of hydrogen-bond donors (Lipinski definition) is 3. The lowest BCUT2D eigenvalue weighted by Gasteiger charge is -2.25. The number of amides is 2. The van der Waals surface area contributed by atoms with Gasteiger partial charge in [0.15, 0.2) is 0 Å². The number of nitrogens with one attached hydrogen (secondary N) is 2. The van der Waals surface area contributed by atoms with Crippen LogP contribution < -0.4 is 10.6 Å². The summed E-state index contributed by atoms with van der Waals surface area (Å²) in [5.41, 5.74) is -4.02. The Morgan fingerprint density at radius 3 is 1.97 bits per heavy atom. The van der Waals surface area contributed by atoms with E-state index in [-0.39, 0.29) is 19.2 Å². The molecule has 2 aromatic rings. The van der Waals surface area contributed by atoms with Crippen molar-refractivity contribution in [2.45, 2.75) is 31.2 Å². The van der Waals surface area contributed by atoms with E-state index in [0.29, 0.717) is 5.56 Å². The molecular weight excluding hydrogens is 399 g/mol. The van der Waals surface area contributed by atoms with Gasteiger partial charge in [-0.1, -0.05) is 42.5 Å². The molecule has 2 aromatic carbocycles. The summed E-state index contributed by atoms with van der Waals surface area (Å²) < 4.78 is 66.5. The summed E-state index contributed by atoms with van der Waals surface area (Å²) in [6, 6.07) is 11.8. The first-order chi connectivity index (χ1) is 13.4. The highest BCUT2D eigenvalue weighted by molar-refractivity contribution is 5.97. The first kappa shape index (κ1) is 22.3. The second-order valence-electron chi connectivity index (χ2n) is 6.34. The molecule has 0 bridgehead atoms. The Kier molecular flexibility index (Phi) is 6.27. The van der Waals surface area contributed by atoms with E-state index in [1.807, 2.05) is 0 Å². The second-order valence-corrected chi connectivity index (χ2v) is 6.34. The minimum absolute atomic E-state index is 0.115. The van der Waals surface area contributed by atoms with Gasteiger partial charge in [0.1, 0.15) is 0 Å². The van der Waals surface area contributed by atoms with Crippen LogP contribution in [-0.2, 0) is 22.1 Å². The molecular formula is C19H17F5N2O3. The number of halogens is 5. The van der Waals surface area contributed by atoms with E-state index in [2.05, 4.69) is 5.32 Å². The van der Waals surface area contributed by atoms with Gasteiger partial charge in [-0.05, 0) is 24.6 Å². The molecule has 0 spiro atoms. The summed E-state index contributed by atoms with van der Waals surface area (Å²) in [5, 5.41) is 13.2. The molecule has 2 amide bonds. The maximum atomic E-state index is 14.3. The molecule has 0 aliphatic heterocycles. The van der Waals surface area contributed by atoms with Gasteiger partial charge in [-0.25, -0.2) is 0 Å². The monoisotopic (exact) mass is 416 g/mol. The van der Waals surface area contributed by atoms with Gasteiger partial charge in [-0.2, -0.15) is 22.0 Å². The molecule has 0 aromatic heterocycles. The highest BCUT2D eigenvalue weighted by Gasteiger charge is 2.55. The van der Waals surface area contributed by atoms with Crippen LogP contribution in [0, 0.1) is 0 Å². The van der Waals surface area contributed by atoms with Gasteiger partial charge in [0.05, 0.1) is 0 Å². The Morgan fingerprint density at radius 2 is 1.45 bits per heavy atom. The standard InChI is InChI=1S/C19H17F5N2O3/c1-17(29,19(22,23)24)15(27)26-14-9-7-13(8-10-14)18(20,21)16(28)25-11-12-5-3-2-4-6-12/h2-10,29H,11H2,1H3,(H,25,28)(H,26,27). The average Bonchev–Trinajstić information content (AvgIpc) is 2.66. The van der Waals surface area contributed by atoms with Crippen LogP contribution in [0.1, 0.15) is 18.1 Å². The summed E-state index contributed by atoms with van der Waals surface area (Å²) >= 11 is 0. The van der Waals surface area contributed by atoms with E-state index in [1.165, 1.54) is 0 Å². The van der Waals surface area contributed by atoms with Crippen molar-refractivity contribution < 1.29 is 36.6 Å². The Bertz CT molecular complexity index is 866. The Labute approximate surface area is 162 Å². The number of anilines is 1. The van der Waals surface area contributed by atoms with Crippen molar-refractivity contribution in [3.63, 3.8) is 0 Å². The molecule has 1 unspecified atom stereocenters. The largest absolute Gasteiger partial charge is 0.426 e. The van der Waals surface area contributed by atoms with E-state index in [4.69, 9.17) is 0 Å². The van der Waals surface area contributed by atoms with Crippen LogP contribution in [0.15, 0.2) is 54.6 Å². The zero-order chi connectivity index (χ0) is 21.9. The third-order valence-electron chi connectivity index (χ3n) is 4.08. The van der Waals surface area contributed by atoms with E-state index in [1.54, 1.807) is 35.6 Å². The molecule has 1 atom stereocenters. The minimum atomic E-state index is -5.22. The smallest absolute Gasteiger partial charge is 0.373 e. The van der Waals surface area contributed by atoms with Crippen LogP contribution in [-0.4, -0.2) is 28.7 Å². The molecule has 0 heterocycles. The Hall–Kier alpha value is -3.01. The van der Waals surface area contributed by atoms with Gasteiger partial charge in [0, 0.05) is 17.8 Å². The number of aliphatic hydroxyl groups is 1. The molecule has 0 saturated heterocycles. The molecule has 3 N–H and O–H groups in total. The van der Waals surface area contributed by atoms with Gasteiger partial charge in [-0.3, -0.25) is 9.59 Å². The van der Waals surface area contributed by atoms with Crippen molar-refractivity contribution in [2.75, 3.05) is 5.32 Å². The van der Waals surface area contributed by atoms with Crippen molar-refractivity contribution in [2.24, 2.45) is 0 Å². The van der Waals surface area contributed by atoms with Crippen LogP contribution in [0.25, 0.3) is 0 Å². The maximum absolute atomic E-state index is 14.3. The first-order valence-corrected chi connectivity index (χ1v) is 8.27. The molecule has 2 rings (SSSR count). The number of carbonyl (C=O) groups excluding carboxylic acids is 2. The van der Waals surface area contributed by atoms with Gasteiger partial charge < -0.3 is 15.7 Å². The lowest BCUT2D eigenvalue weighted by molar-refractivity contribution is -0.242. The molecule has 0 aliphatic carbocycles. The summed E-state index contributed by atoms with van der Waals surface area (Å²) in [5.74, 6) is -7.24. The highest BCUT2D eigenvalue weighted by Crippen LogP contribution is 2.32. The van der Waals surface area contributed by atoms with E-state index >= 15 is 0 Å². The molecule has 156 valence electrons. The predicted molar refractivity (Wildman–Crippen MR) is 93.9 cm³/mol. The molecule has 5 nitrogen and oxygen atoms in total. The molecule has 0 fully saturated rings. The van der Waals surface area contributed by atoms with Crippen LogP contribution >= 0.6 is 0 Å². The fraction of sp³-hybridized carbons (Fsp3) is 0.263. The third-order valence-corrected chi connectivity index (χ3v) is 4.08. The van der Waals surface area contributed by atoms with E-state index in [9.17, 15) is 36.6 Å². The number of alkyl halides is 5. The van der Waals surface area contributed by atoms with Gasteiger partial charge in [0.2, 0.25) is 5.60 Å². The third kappa shape index (κ3) is 5.08. The lowest BCUT2D eigenvalue weighted by Crippen LogP contribution is -2.52. The summed E-state index contributed by atoms with van der Waals surface area (Å²) in [6.45, 7) is 0.151. The van der Waals surface area contributed by atoms with Crippen LogP contribution in [0.4, 0.5) is 27.6 Å². The van der Waals surface area contributed by atoms with E-state index < -0.39 is 35.1 Å². The van der Waals surface area contributed by atoms with Gasteiger partial charge >= 0.3 is 12.1 Å². The minimum Gasteiger partial charge on any atom is -0.373 e. The molecule has 29 heavy (non-hydrogen) atoms. The summed E-state index contributed by atoms with van der Waals surface area (Å²) in [7, 11) is 0. The average molecular weight is 416 g/mol. The summed E-state index contributed by atoms with van der Waals surface area (Å²) in [6.07, 6.45) is -5.22. The van der Waals surface area contributed by atoms with Crippen LogP contribution in [0.3, 0.4) is 0 Å². The van der Waals surface area contributed by atoms with Gasteiger partial charge in [-0.15, -0.1) is 0 Å². The lowest BCUT2D eigenvalue weighted by atomic mass is 10.0. The van der Waals surface area contributed by atoms with Crippen LogP contribution in [0.5, 0.6) is 0 Å². The molecule has 10 heteroatoms. The first-order valence-electron chi connectivity index (χ1n) is 8.27. The quantitative estimate of drug-likeness (QED) is 0.632. The van der Waals surface area contributed by atoms with Crippen molar-refractivity contribution in [1.82, 2.24) is 5.32 Å². The van der Waals surface area contributed by atoms with Crippen molar-refractivity contribution >= 4 is 17.5 Å². The van der Waals surface area contributed by atoms with Crippen molar-refractivity contribution in [3.8, 4) is 0 Å². The molecule has 0 aliphatic rings. The maximum Gasteiger partial charge on any atom is 0.426 e. The van der Waals surface area contributed by atoms with Crippen LogP contribution in [0.2, 0.25) is 0 Å². The van der Waals surface area contributed by atoms with E-state index in [0.717, 1.165) is 24.3 Å². The van der Waals surface area contributed by atoms with Crippen molar-refractivity contribution in [1.29, 1.82) is 0 Å². The Morgan fingerprint density at radius 1 is 0.897 bits per heavy atom. The molecule has 0 radical (unpaired) electrons. The topological polar surface area (TPSA) is 78.4 Å². The number of benzene rings is 2.